The molecule has 3 heterocycles. The molecule has 0 aliphatic carbocycles. The Hall–Kier alpha value is -2.42. The summed E-state index contributed by atoms with van der Waals surface area (Å²) in [5, 5.41) is 2.60. The van der Waals surface area contributed by atoms with E-state index in [4.69, 9.17) is 4.74 Å². The Bertz CT molecular complexity index is 721. The van der Waals surface area contributed by atoms with E-state index in [2.05, 4.69) is 14.9 Å². The molecule has 2 saturated heterocycles. The normalized spacial score (nSPS) is 20.3. The molecule has 2 aliphatic heterocycles. The number of nitrogens with one attached hydrogen (secondary N) is 1. The zero-order valence-corrected chi connectivity index (χ0v) is 16.1. The first kappa shape index (κ1) is 19.3. The van der Waals surface area contributed by atoms with E-state index in [1.807, 2.05) is 6.20 Å². The van der Waals surface area contributed by atoms with E-state index in [9.17, 15) is 14.4 Å². The molecule has 0 atom stereocenters. The Kier molecular flexibility index (Phi) is 5.50. The van der Waals surface area contributed by atoms with Crippen molar-refractivity contribution in [3.63, 3.8) is 0 Å². The lowest BCUT2D eigenvalue weighted by molar-refractivity contribution is -0.139. The lowest BCUT2D eigenvalue weighted by atomic mass is 9.95. The molecule has 1 N–H and O–H groups in total. The van der Waals surface area contributed by atoms with Crippen LogP contribution in [0.1, 0.15) is 38.4 Å². The average Bonchev–Trinajstić information content (AvgIpc) is 3.18. The van der Waals surface area contributed by atoms with Gasteiger partial charge in [0.1, 0.15) is 17.9 Å². The van der Waals surface area contributed by atoms with Crippen molar-refractivity contribution >= 4 is 17.8 Å². The number of imide groups is 1. The second kappa shape index (κ2) is 7.67. The summed E-state index contributed by atoms with van der Waals surface area (Å²) >= 11 is 0. The van der Waals surface area contributed by atoms with Gasteiger partial charge < -0.3 is 19.5 Å². The Labute approximate surface area is 158 Å². The van der Waals surface area contributed by atoms with Crippen LogP contribution in [0.4, 0.5) is 4.79 Å². The summed E-state index contributed by atoms with van der Waals surface area (Å²) in [5.74, 6) is 0.750. The number of hydrogen-bond donors (Lipinski definition) is 1. The number of aromatic nitrogens is 2. The third-order valence-electron chi connectivity index (χ3n) is 5.23. The van der Waals surface area contributed by atoms with Crippen molar-refractivity contribution in [3.8, 4) is 0 Å². The lowest BCUT2D eigenvalue weighted by Crippen LogP contribution is -2.46. The fourth-order valence-electron chi connectivity index (χ4n) is 3.64. The monoisotopic (exact) mass is 377 g/mol. The van der Waals surface area contributed by atoms with Crippen LogP contribution < -0.4 is 5.32 Å². The van der Waals surface area contributed by atoms with Gasteiger partial charge >= 0.3 is 6.03 Å². The molecule has 9 heteroatoms. The first-order valence-electron chi connectivity index (χ1n) is 9.25. The average molecular weight is 377 g/mol. The van der Waals surface area contributed by atoms with E-state index in [1.165, 1.54) is 0 Å². The number of methoxy groups -OCH3 is 1. The highest BCUT2D eigenvalue weighted by atomic mass is 16.5. The van der Waals surface area contributed by atoms with Crippen LogP contribution in [0.25, 0.3) is 0 Å². The predicted molar refractivity (Wildman–Crippen MR) is 97.0 cm³/mol. The van der Waals surface area contributed by atoms with E-state index < -0.39 is 11.6 Å². The molecule has 0 radical (unpaired) electrons. The van der Waals surface area contributed by atoms with E-state index >= 15 is 0 Å². The standard InChI is InChI=1S/C18H27N5O4/c1-18(2)16(25)23(17(26)20-18)12-14(24)21-7-4-13(5-8-21)15-19-6-9-22(15)10-11-27-3/h6,9,13H,4-5,7-8,10-12H2,1-3H3,(H,20,26). The van der Waals surface area contributed by atoms with Gasteiger partial charge in [-0.15, -0.1) is 0 Å². The van der Waals surface area contributed by atoms with Crippen LogP contribution in [0.2, 0.25) is 0 Å². The second-order valence-electron chi connectivity index (χ2n) is 7.57. The van der Waals surface area contributed by atoms with Crippen molar-refractivity contribution in [2.75, 3.05) is 33.4 Å². The van der Waals surface area contributed by atoms with Crippen LogP contribution in [0.15, 0.2) is 12.4 Å². The van der Waals surface area contributed by atoms with Gasteiger partial charge in [-0.05, 0) is 26.7 Å². The minimum atomic E-state index is -0.955. The SMILES string of the molecule is COCCn1ccnc1C1CCN(C(=O)CN2C(=O)NC(C)(C)C2=O)CC1. The Morgan fingerprint density at radius 2 is 2.04 bits per heavy atom. The molecule has 2 aliphatic rings. The zero-order valence-electron chi connectivity index (χ0n) is 16.1. The van der Waals surface area contributed by atoms with Crippen LogP contribution in [-0.2, 0) is 20.9 Å². The number of piperidine rings is 1. The minimum absolute atomic E-state index is 0.197. The first-order chi connectivity index (χ1) is 12.8. The minimum Gasteiger partial charge on any atom is -0.383 e. The smallest absolute Gasteiger partial charge is 0.325 e. The second-order valence-corrected chi connectivity index (χ2v) is 7.57. The molecule has 148 valence electrons. The number of carbonyl (C=O) groups is 3. The molecule has 27 heavy (non-hydrogen) atoms. The molecular formula is C18H27N5O4. The van der Waals surface area contributed by atoms with Gasteiger partial charge in [0.25, 0.3) is 5.91 Å². The fourth-order valence-corrected chi connectivity index (χ4v) is 3.64. The number of urea groups is 1. The summed E-state index contributed by atoms with van der Waals surface area (Å²) in [7, 11) is 1.67. The maximum Gasteiger partial charge on any atom is 0.325 e. The maximum atomic E-state index is 12.6. The lowest BCUT2D eigenvalue weighted by Gasteiger charge is -2.32. The molecule has 3 rings (SSSR count). The Balaban J connectivity index is 1.55. The summed E-state index contributed by atoms with van der Waals surface area (Å²) in [6, 6.07) is -0.506. The van der Waals surface area contributed by atoms with Crippen molar-refractivity contribution in [2.24, 2.45) is 0 Å². The molecule has 0 spiro atoms. The van der Waals surface area contributed by atoms with E-state index in [1.54, 1.807) is 32.1 Å². The van der Waals surface area contributed by atoms with Gasteiger partial charge in [-0.25, -0.2) is 9.78 Å². The third kappa shape index (κ3) is 3.97. The number of carbonyl (C=O) groups excluding carboxylic acids is 3. The number of rotatable bonds is 6. The summed E-state index contributed by atoms with van der Waals surface area (Å²) in [6.45, 7) is 5.63. The molecule has 2 fully saturated rings. The highest BCUT2D eigenvalue weighted by Crippen LogP contribution is 2.27. The van der Waals surface area contributed by atoms with Crippen molar-refractivity contribution in [3.05, 3.63) is 18.2 Å². The van der Waals surface area contributed by atoms with Gasteiger partial charge in [-0.3, -0.25) is 14.5 Å². The zero-order chi connectivity index (χ0) is 19.6. The van der Waals surface area contributed by atoms with E-state index in [-0.39, 0.29) is 24.3 Å². The topological polar surface area (TPSA) is 96.8 Å². The van der Waals surface area contributed by atoms with Crippen LogP contribution in [0, 0.1) is 0 Å². The van der Waals surface area contributed by atoms with Crippen LogP contribution in [0.3, 0.4) is 0 Å². The first-order valence-corrected chi connectivity index (χ1v) is 9.25. The largest absolute Gasteiger partial charge is 0.383 e. The number of likely N-dealkylation sites (tertiary alicyclic amines) is 1. The Morgan fingerprint density at radius 1 is 1.33 bits per heavy atom. The number of nitrogens with zero attached hydrogens (tertiary/aromatic N) is 4. The molecule has 9 nitrogen and oxygen atoms in total. The number of imidazole rings is 1. The van der Waals surface area contributed by atoms with E-state index in [0.717, 1.165) is 30.1 Å². The summed E-state index contributed by atoms with van der Waals surface area (Å²) in [4.78, 5) is 44.0. The molecule has 1 aromatic rings. The quantitative estimate of drug-likeness (QED) is 0.731. The van der Waals surface area contributed by atoms with Crippen molar-refractivity contribution in [1.82, 2.24) is 24.7 Å². The summed E-state index contributed by atoms with van der Waals surface area (Å²) < 4.78 is 7.23. The molecule has 0 aromatic carbocycles. The highest BCUT2D eigenvalue weighted by Gasteiger charge is 2.45. The van der Waals surface area contributed by atoms with Crippen LogP contribution in [-0.4, -0.2) is 76.1 Å². The molecular weight excluding hydrogens is 350 g/mol. The van der Waals surface area contributed by atoms with Gasteiger partial charge in [-0.2, -0.15) is 0 Å². The predicted octanol–water partition coefficient (Wildman–Crippen LogP) is 0.566. The summed E-state index contributed by atoms with van der Waals surface area (Å²) in [5.41, 5.74) is -0.955. The fraction of sp³-hybridized carbons (Fsp3) is 0.667. The Morgan fingerprint density at radius 3 is 2.63 bits per heavy atom. The van der Waals surface area contributed by atoms with Gasteiger partial charge in [0, 0.05) is 45.1 Å². The third-order valence-corrected chi connectivity index (χ3v) is 5.23. The number of amides is 4. The van der Waals surface area contributed by atoms with E-state index in [0.29, 0.717) is 19.7 Å². The van der Waals surface area contributed by atoms with Crippen molar-refractivity contribution in [2.45, 2.75) is 44.7 Å². The maximum absolute atomic E-state index is 12.6. The number of ether oxygens (including phenoxy) is 1. The van der Waals surface area contributed by atoms with Crippen LogP contribution >= 0.6 is 0 Å². The number of hydrogen-bond acceptors (Lipinski definition) is 5. The van der Waals surface area contributed by atoms with Gasteiger partial charge in [0.05, 0.1) is 6.61 Å². The van der Waals surface area contributed by atoms with Crippen molar-refractivity contribution < 1.29 is 19.1 Å². The summed E-state index contributed by atoms with van der Waals surface area (Å²) in [6.07, 6.45) is 5.36. The van der Waals surface area contributed by atoms with Gasteiger partial charge in [0.15, 0.2) is 0 Å². The molecule has 0 bridgehead atoms. The highest BCUT2D eigenvalue weighted by molar-refractivity contribution is 6.08. The van der Waals surface area contributed by atoms with Gasteiger partial charge in [0.2, 0.25) is 5.91 Å². The molecule has 0 saturated carbocycles. The molecule has 1 aromatic heterocycles. The van der Waals surface area contributed by atoms with Gasteiger partial charge in [-0.1, -0.05) is 0 Å². The molecule has 0 unspecified atom stereocenters. The van der Waals surface area contributed by atoms with Crippen LogP contribution in [0.5, 0.6) is 0 Å². The molecule has 4 amide bonds. The van der Waals surface area contributed by atoms with Crippen molar-refractivity contribution in [1.29, 1.82) is 0 Å².